The van der Waals surface area contributed by atoms with Gasteiger partial charge in [-0.2, -0.15) is 5.10 Å². The first kappa shape index (κ1) is 37.2. The largest absolute Gasteiger partial charge is 0.496 e. The zero-order valence-electron chi connectivity index (χ0n) is 31.2. The standard InChI is InChI=1S/C41H42F2N8O5/c1-23-28(6-4-8-32(23)46-39-37-33(47-40(48-39)38(42)43)14-24(17-44-37)19-49-13-11-27(52)21-49)29-7-5-9-34-30(29)18-45-51(34)26-15-35(55-2)31(36(16-26)56-3)22-50-12-10-25(20-50)41(53)54/h4-9,14-18,25,27,38,52H,10-13,19-22H2,1-3H3,(H,53,54)(H,46,47,48)/t25-,27-/m1/s1. The highest BCUT2D eigenvalue weighted by Gasteiger charge is 2.30. The molecule has 5 heterocycles. The average Bonchev–Trinajstić information content (AvgIpc) is 3.95. The molecule has 2 saturated heterocycles. The highest BCUT2D eigenvalue weighted by molar-refractivity contribution is 5.97. The molecule has 3 aromatic heterocycles. The Morgan fingerprint density at radius 1 is 0.946 bits per heavy atom. The molecular weight excluding hydrogens is 722 g/mol. The molecule has 56 heavy (non-hydrogen) atoms. The van der Waals surface area contributed by atoms with Crippen LogP contribution in [-0.4, -0.2) is 97.2 Å². The molecule has 15 heteroatoms. The molecule has 0 saturated carbocycles. The maximum absolute atomic E-state index is 14.1. The van der Waals surface area contributed by atoms with Gasteiger partial charge in [-0.1, -0.05) is 24.3 Å². The molecule has 3 N–H and O–H groups in total. The number of carboxylic acid groups (broad SMARTS) is 1. The molecule has 0 amide bonds. The Kier molecular flexibility index (Phi) is 10.2. The van der Waals surface area contributed by atoms with Crippen LogP contribution in [0.5, 0.6) is 11.5 Å². The summed E-state index contributed by atoms with van der Waals surface area (Å²) in [5, 5.41) is 28.4. The summed E-state index contributed by atoms with van der Waals surface area (Å²) in [5.41, 5.74) is 7.25. The number of β-amino-alcohol motifs (C(OH)–C–C–N with tert-alkyl or cyclic N) is 1. The van der Waals surface area contributed by atoms with Crippen molar-refractivity contribution in [3.05, 3.63) is 89.5 Å². The van der Waals surface area contributed by atoms with Crippen molar-refractivity contribution in [2.75, 3.05) is 45.7 Å². The van der Waals surface area contributed by atoms with Crippen LogP contribution in [0.1, 0.15) is 41.8 Å². The molecule has 0 aliphatic carbocycles. The molecule has 2 fully saturated rings. The van der Waals surface area contributed by atoms with Crippen molar-refractivity contribution in [1.29, 1.82) is 0 Å². The highest BCUT2D eigenvalue weighted by atomic mass is 19.3. The molecule has 3 aromatic carbocycles. The number of likely N-dealkylation sites (tertiary alicyclic amines) is 2. The van der Waals surface area contributed by atoms with E-state index in [-0.39, 0.29) is 11.9 Å². The summed E-state index contributed by atoms with van der Waals surface area (Å²) in [6.07, 6.45) is 1.55. The number of fused-ring (bicyclic) bond motifs is 2. The Balaban J connectivity index is 1.11. The van der Waals surface area contributed by atoms with E-state index in [1.165, 1.54) is 0 Å². The molecule has 2 aliphatic heterocycles. The summed E-state index contributed by atoms with van der Waals surface area (Å²) in [5.74, 6) is -0.373. The molecule has 8 rings (SSSR count). The van der Waals surface area contributed by atoms with Crippen LogP contribution in [0.4, 0.5) is 20.3 Å². The van der Waals surface area contributed by atoms with Gasteiger partial charge in [-0.05, 0) is 66.8 Å². The lowest BCUT2D eigenvalue weighted by Crippen LogP contribution is -2.23. The quantitative estimate of drug-likeness (QED) is 0.125. The molecule has 0 unspecified atom stereocenters. The number of pyridine rings is 1. The van der Waals surface area contributed by atoms with E-state index in [1.807, 2.05) is 66.3 Å². The molecular formula is C41H42F2N8O5. The van der Waals surface area contributed by atoms with Gasteiger partial charge in [-0.25, -0.2) is 23.4 Å². The Labute approximate surface area is 321 Å². The van der Waals surface area contributed by atoms with E-state index in [2.05, 4.69) is 30.1 Å². The number of carboxylic acids is 1. The first-order valence-electron chi connectivity index (χ1n) is 18.5. The molecule has 290 valence electrons. The summed E-state index contributed by atoms with van der Waals surface area (Å²) in [6, 6.07) is 17.3. The van der Waals surface area contributed by atoms with Crippen molar-refractivity contribution in [3.8, 4) is 28.3 Å². The second-order valence-corrected chi connectivity index (χ2v) is 14.4. The maximum atomic E-state index is 14.1. The van der Waals surface area contributed by atoms with E-state index in [4.69, 9.17) is 14.6 Å². The highest BCUT2D eigenvalue weighted by Crippen LogP contribution is 2.39. The van der Waals surface area contributed by atoms with Gasteiger partial charge in [0.1, 0.15) is 17.0 Å². The van der Waals surface area contributed by atoms with Crippen LogP contribution in [-0.2, 0) is 17.9 Å². The smallest absolute Gasteiger partial charge is 0.307 e. The lowest BCUT2D eigenvalue weighted by Gasteiger charge is -2.21. The third-order valence-corrected chi connectivity index (χ3v) is 10.8. The number of alkyl halides is 2. The number of ether oxygens (including phenoxy) is 2. The second kappa shape index (κ2) is 15.4. The number of aromatic nitrogens is 5. The number of carbonyl (C=O) groups is 1. The first-order chi connectivity index (χ1) is 27.1. The molecule has 0 radical (unpaired) electrons. The van der Waals surface area contributed by atoms with Gasteiger partial charge in [-0.3, -0.25) is 19.6 Å². The number of aliphatic hydroxyl groups excluding tert-OH is 1. The number of nitrogens with zero attached hydrogens (tertiary/aromatic N) is 7. The topological polar surface area (TPSA) is 151 Å². The van der Waals surface area contributed by atoms with Gasteiger partial charge >= 0.3 is 5.97 Å². The number of methoxy groups -OCH3 is 2. The van der Waals surface area contributed by atoms with Crippen LogP contribution < -0.4 is 14.8 Å². The van der Waals surface area contributed by atoms with Gasteiger partial charge in [0, 0.05) is 62.1 Å². The van der Waals surface area contributed by atoms with Gasteiger partial charge in [0.25, 0.3) is 6.43 Å². The van der Waals surface area contributed by atoms with Gasteiger partial charge in [0.15, 0.2) is 11.6 Å². The van der Waals surface area contributed by atoms with Crippen molar-refractivity contribution < 1.29 is 33.3 Å². The maximum Gasteiger partial charge on any atom is 0.307 e. The minimum absolute atomic E-state index is 0.178. The number of hydrogen-bond donors (Lipinski definition) is 3. The monoisotopic (exact) mass is 764 g/mol. The van der Waals surface area contributed by atoms with Crippen LogP contribution in [0.3, 0.4) is 0 Å². The van der Waals surface area contributed by atoms with Crippen LogP contribution in [0.15, 0.2) is 67.0 Å². The van der Waals surface area contributed by atoms with Gasteiger partial charge < -0.3 is 25.0 Å². The van der Waals surface area contributed by atoms with Crippen molar-refractivity contribution in [3.63, 3.8) is 0 Å². The molecule has 0 bridgehead atoms. The van der Waals surface area contributed by atoms with Crippen LogP contribution in [0.25, 0.3) is 38.8 Å². The second-order valence-electron chi connectivity index (χ2n) is 14.4. The van der Waals surface area contributed by atoms with E-state index in [0.717, 1.165) is 51.0 Å². The predicted octanol–water partition coefficient (Wildman–Crippen LogP) is 6.51. The molecule has 13 nitrogen and oxygen atoms in total. The summed E-state index contributed by atoms with van der Waals surface area (Å²) in [7, 11) is 3.20. The van der Waals surface area contributed by atoms with Gasteiger partial charge in [0.2, 0.25) is 0 Å². The number of halogens is 2. The van der Waals surface area contributed by atoms with Crippen molar-refractivity contribution in [1.82, 2.24) is 34.5 Å². The SMILES string of the molecule is COc1cc(-n2ncc3c(-c4cccc(Nc5nc(C(F)F)nc6cc(CN7CC[C@@H](O)C7)cnc56)c4C)cccc32)cc(OC)c1CN1CC[C@@H](C(=O)O)C1. The Morgan fingerprint density at radius 2 is 1.68 bits per heavy atom. The van der Waals surface area contributed by atoms with E-state index < -0.39 is 24.1 Å². The van der Waals surface area contributed by atoms with Crippen molar-refractivity contribution in [2.24, 2.45) is 5.92 Å². The van der Waals surface area contributed by atoms with Crippen molar-refractivity contribution in [2.45, 2.75) is 45.4 Å². The average molecular weight is 765 g/mol. The van der Waals surface area contributed by atoms with Crippen LogP contribution in [0.2, 0.25) is 0 Å². The summed E-state index contributed by atoms with van der Waals surface area (Å²) < 4.78 is 41.7. The summed E-state index contributed by atoms with van der Waals surface area (Å²) in [4.78, 5) is 28.7. The lowest BCUT2D eigenvalue weighted by molar-refractivity contribution is -0.141. The van der Waals surface area contributed by atoms with E-state index in [0.29, 0.717) is 73.8 Å². The summed E-state index contributed by atoms with van der Waals surface area (Å²) >= 11 is 0. The number of benzene rings is 3. The zero-order chi connectivity index (χ0) is 39.1. The fraction of sp³-hybridized carbons (Fsp3) is 0.341. The van der Waals surface area contributed by atoms with E-state index in [1.54, 1.807) is 26.5 Å². The van der Waals surface area contributed by atoms with E-state index in [9.17, 15) is 23.8 Å². The summed E-state index contributed by atoms with van der Waals surface area (Å²) in [6.45, 7) is 5.40. The fourth-order valence-corrected chi connectivity index (χ4v) is 7.90. The predicted molar refractivity (Wildman–Crippen MR) is 207 cm³/mol. The Morgan fingerprint density at radius 3 is 2.38 bits per heavy atom. The van der Waals surface area contributed by atoms with Crippen molar-refractivity contribution >= 4 is 39.4 Å². The van der Waals surface area contributed by atoms with Crippen LogP contribution in [0, 0.1) is 12.8 Å². The fourth-order valence-electron chi connectivity index (χ4n) is 7.90. The Bertz CT molecular complexity index is 2420. The number of hydrogen-bond acceptors (Lipinski definition) is 11. The normalized spacial score (nSPS) is 17.7. The third-order valence-electron chi connectivity index (χ3n) is 10.8. The Hall–Kier alpha value is -5.77. The number of rotatable bonds is 12. The molecule has 0 spiro atoms. The number of nitrogens with one attached hydrogen (secondary N) is 1. The minimum atomic E-state index is -2.88. The third kappa shape index (κ3) is 7.20. The van der Waals surface area contributed by atoms with Gasteiger partial charge in [-0.15, -0.1) is 0 Å². The minimum Gasteiger partial charge on any atom is -0.496 e. The number of aliphatic hydroxyl groups is 1. The van der Waals surface area contributed by atoms with Gasteiger partial charge in [0.05, 0.1) is 54.7 Å². The first-order valence-corrected chi connectivity index (χ1v) is 18.5. The zero-order valence-corrected chi connectivity index (χ0v) is 31.2. The van der Waals surface area contributed by atoms with E-state index >= 15 is 0 Å². The lowest BCUT2D eigenvalue weighted by atomic mass is 9.96. The van der Waals surface area contributed by atoms with Crippen LogP contribution >= 0.6 is 0 Å². The molecule has 2 aliphatic rings. The number of aliphatic carboxylic acids is 1. The molecule has 2 atom stereocenters. The molecule has 6 aromatic rings. The number of anilines is 2.